The van der Waals surface area contributed by atoms with Gasteiger partial charge in [0.15, 0.2) is 11.4 Å². The van der Waals surface area contributed by atoms with Crippen LogP contribution in [0.15, 0.2) is 10.6 Å². The highest BCUT2D eigenvalue weighted by Crippen LogP contribution is 2.23. The molecular formula is C13H14N4O4. The van der Waals surface area contributed by atoms with E-state index in [0.29, 0.717) is 24.3 Å². The monoisotopic (exact) mass is 290 g/mol. The van der Waals surface area contributed by atoms with Crippen LogP contribution in [-0.2, 0) is 20.0 Å². The Morgan fingerprint density at radius 3 is 2.81 bits per heavy atom. The summed E-state index contributed by atoms with van der Waals surface area (Å²) in [5, 5.41) is 17.2. The molecule has 0 bridgehead atoms. The molecule has 0 aliphatic carbocycles. The Balaban J connectivity index is 1.90. The lowest BCUT2D eigenvalue weighted by Gasteiger charge is -2.25. The molecule has 8 heteroatoms. The van der Waals surface area contributed by atoms with Crippen LogP contribution in [0.25, 0.3) is 0 Å². The van der Waals surface area contributed by atoms with Crippen molar-refractivity contribution in [2.75, 3.05) is 6.54 Å². The number of hydrogen-bond acceptors (Lipinski definition) is 5. The van der Waals surface area contributed by atoms with Crippen molar-refractivity contribution in [1.82, 2.24) is 19.8 Å². The van der Waals surface area contributed by atoms with Gasteiger partial charge in [-0.2, -0.15) is 5.10 Å². The quantitative estimate of drug-likeness (QED) is 0.869. The molecular weight excluding hydrogens is 276 g/mol. The number of carboxylic acid groups (broad SMARTS) is 1. The van der Waals surface area contributed by atoms with Crippen molar-refractivity contribution in [3.63, 3.8) is 0 Å². The molecule has 1 amide bonds. The molecule has 3 heterocycles. The van der Waals surface area contributed by atoms with Gasteiger partial charge in [0.1, 0.15) is 5.76 Å². The Hall–Kier alpha value is -2.64. The Morgan fingerprint density at radius 2 is 2.19 bits per heavy atom. The van der Waals surface area contributed by atoms with Gasteiger partial charge in [-0.15, -0.1) is 0 Å². The van der Waals surface area contributed by atoms with E-state index in [9.17, 15) is 14.7 Å². The maximum Gasteiger partial charge on any atom is 0.354 e. The SMILES string of the molecule is Cc1cc(C(=O)N2CCc3nn(C)c(C(=O)O)c3C2)no1. The summed E-state index contributed by atoms with van der Waals surface area (Å²) in [7, 11) is 1.59. The normalized spacial score (nSPS) is 14.1. The van der Waals surface area contributed by atoms with Crippen molar-refractivity contribution in [2.24, 2.45) is 7.05 Å². The minimum Gasteiger partial charge on any atom is -0.477 e. The van der Waals surface area contributed by atoms with E-state index in [0.717, 1.165) is 5.69 Å². The highest BCUT2D eigenvalue weighted by Gasteiger charge is 2.30. The number of carboxylic acids is 1. The molecule has 0 unspecified atom stereocenters. The summed E-state index contributed by atoms with van der Waals surface area (Å²) in [6, 6.07) is 1.57. The lowest BCUT2D eigenvalue weighted by Crippen LogP contribution is -2.36. The van der Waals surface area contributed by atoms with Crippen molar-refractivity contribution >= 4 is 11.9 Å². The zero-order valence-electron chi connectivity index (χ0n) is 11.7. The van der Waals surface area contributed by atoms with E-state index in [2.05, 4.69) is 10.3 Å². The summed E-state index contributed by atoms with van der Waals surface area (Å²) in [6.45, 7) is 2.41. The topological polar surface area (TPSA) is 101 Å². The predicted octanol–water partition coefficient (Wildman–Crippen LogP) is 0.613. The molecule has 2 aromatic rings. The van der Waals surface area contributed by atoms with Crippen LogP contribution in [0.2, 0.25) is 0 Å². The Bertz CT molecular complexity index is 731. The molecule has 1 aliphatic heterocycles. The van der Waals surface area contributed by atoms with Gasteiger partial charge in [-0.1, -0.05) is 5.16 Å². The molecule has 1 N–H and O–H groups in total. The first kappa shape index (κ1) is 13.3. The highest BCUT2D eigenvalue weighted by molar-refractivity contribution is 5.93. The van der Waals surface area contributed by atoms with E-state index in [4.69, 9.17) is 4.52 Å². The van der Waals surface area contributed by atoms with Crippen molar-refractivity contribution in [3.8, 4) is 0 Å². The second-order valence-corrected chi connectivity index (χ2v) is 5.00. The van der Waals surface area contributed by atoms with Crippen LogP contribution >= 0.6 is 0 Å². The standard InChI is InChI=1S/C13H14N4O4/c1-7-5-10(15-21-7)12(18)17-4-3-9-8(6-17)11(13(19)20)16(2)14-9/h5H,3-4,6H2,1-2H3,(H,19,20). The molecule has 3 rings (SSSR count). The molecule has 0 atom stereocenters. The van der Waals surface area contributed by atoms with Crippen molar-refractivity contribution in [1.29, 1.82) is 0 Å². The van der Waals surface area contributed by atoms with Crippen LogP contribution in [-0.4, -0.2) is 43.4 Å². The van der Waals surface area contributed by atoms with Gasteiger partial charge >= 0.3 is 5.97 Å². The molecule has 0 radical (unpaired) electrons. The molecule has 21 heavy (non-hydrogen) atoms. The number of carbonyl (C=O) groups is 2. The molecule has 0 spiro atoms. The number of aromatic nitrogens is 3. The van der Waals surface area contributed by atoms with Gasteiger partial charge in [0.2, 0.25) is 0 Å². The maximum absolute atomic E-state index is 12.3. The summed E-state index contributed by atoms with van der Waals surface area (Å²) >= 11 is 0. The van der Waals surface area contributed by atoms with Crippen LogP contribution in [0.5, 0.6) is 0 Å². The maximum atomic E-state index is 12.3. The molecule has 110 valence electrons. The van der Waals surface area contributed by atoms with Gasteiger partial charge in [0.25, 0.3) is 5.91 Å². The third-order valence-corrected chi connectivity index (χ3v) is 3.53. The van der Waals surface area contributed by atoms with Gasteiger partial charge < -0.3 is 14.5 Å². The Kier molecular flexibility index (Phi) is 3.00. The molecule has 1 aliphatic rings. The first-order valence-electron chi connectivity index (χ1n) is 6.48. The van der Waals surface area contributed by atoms with E-state index in [1.165, 1.54) is 4.68 Å². The van der Waals surface area contributed by atoms with E-state index in [1.807, 2.05) is 0 Å². The van der Waals surface area contributed by atoms with Gasteiger partial charge in [0.05, 0.1) is 12.2 Å². The molecule has 0 fully saturated rings. The van der Waals surface area contributed by atoms with E-state index < -0.39 is 5.97 Å². The first-order valence-corrected chi connectivity index (χ1v) is 6.48. The molecule has 8 nitrogen and oxygen atoms in total. The molecule has 0 aromatic carbocycles. The third kappa shape index (κ3) is 2.18. The average Bonchev–Trinajstić information content (AvgIpc) is 2.99. The van der Waals surface area contributed by atoms with Gasteiger partial charge in [-0.25, -0.2) is 4.79 Å². The van der Waals surface area contributed by atoms with Gasteiger partial charge in [0, 0.05) is 31.6 Å². The van der Waals surface area contributed by atoms with Crippen LogP contribution in [0.4, 0.5) is 0 Å². The second-order valence-electron chi connectivity index (χ2n) is 5.00. The fraction of sp³-hybridized carbons (Fsp3) is 0.385. The van der Waals surface area contributed by atoms with Gasteiger partial charge in [-0.05, 0) is 6.92 Å². The minimum atomic E-state index is -1.04. The Labute approximate surface area is 119 Å². The van der Waals surface area contributed by atoms with Crippen LogP contribution < -0.4 is 0 Å². The van der Waals surface area contributed by atoms with Crippen molar-refractivity contribution in [2.45, 2.75) is 19.9 Å². The average molecular weight is 290 g/mol. The number of hydrogen-bond donors (Lipinski definition) is 1. The van der Waals surface area contributed by atoms with E-state index in [1.54, 1.807) is 24.9 Å². The lowest BCUT2D eigenvalue weighted by molar-refractivity contribution is 0.0667. The molecule has 0 saturated heterocycles. The van der Waals surface area contributed by atoms with E-state index >= 15 is 0 Å². The number of amides is 1. The first-order chi connectivity index (χ1) is 9.97. The fourth-order valence-corrected chi connectivity index (χ4v) is 2.57. The highest BCUT2D eigenvalue weighted by atomic mass is 16.5. The number of aromatic carboxylic acids is 1. The van der Waals surface area contributed by atoms with Crippen molar-refractivity contribution in [3.05, 3.63) is 34.5 Å². The summed E-state index contributed by atoms with van der Waals surface area (Å²) < 4.78 is 6.25. The number of nitrogens with zero attached hydrogens (tertiary/aromatic N) is 4. The third-order valence-electron chi connectivity index (χ3n) is 3.53. The number of carbonyl (C=O) groups excluding carboxylic acids is 1. The summed E-state index contributed by atoms with van der Waals surface area (Å²) in [4.78, 5) is 25.2. The van der Waals surface area contributed by atoms with Crippen LogP contribution in [0.1, 0.15) is 38.0 Å². The van der Waals surface area contributed by atoms with Crippen LogP contribution in [0.3, 0.4) is 0 Å². The number of fused-ring (bicyclic) bond motifs is 1. The largest absolute Gasteiger partial charge is 0.477 e. The summed E-state index contributed by atoms with van der Waals surface area (Å²) in [5.74, 6) is -0.751. The Morgan fingerprint density at radius 1 is 1.43 bits per heavy atom. The predicted molar refractivity (Wildman–Crippen MR) is 69.9 cm³/mol. The minimum absolute atomic E-state index is 0.124. The van der Waals surface area contributed by atoms with Crippen LogP contribution in [0, 0.1) is 6.92 Å². The molecule has 2 aromatic heterocycles. The smallest absolute Gasteiger partial charge is 0.354 e. The van der Waals surface area contributed by atoms with Gasteiger partial charge in [-0.3, -0.25) is 9.48 Å². The zero-order chi connectivity index (χ0) is 15.1. The van der Waals surface area contributed by atoms with E-state index in [-0.39, 0.29) is 23.8 Å². The summed E-state index contributed by atoms with van der Waals surface area (Å²) in [6.07, 6.45) is 0.527. The molecule has 0 saturated carbocycles. The second kappa shape index (κ2) is 4.72. The number of aryl methyl sites for hydroxylation is 2. The van der Waals surface area contributed by atoms with Crippen molar-refractivity contribution < 1.29 is 19.2 Å². The number of rotatable bonds is 2. The summed E-state index contributed by atoms with van der Waals surface area (Å²) in [5.41, 5.74) is 1.68. The lowest BCUT2D eigenvalue weighted by atomic mass is 10.0. The zero-order valence-corrected chi connectivity index (χ0v) is 11.7. The fourth-order valence-electron chi connectivity index (χ4n) is 2.57.